The molecule has 77 heavy (non-hydrogen) atoms. The predicted octanol–water partition coefficient (Wildman–Crippen LogP) is 6.76. The monoisotopic (exact) mass is 1050 g/mol. The quantitative estimate of drug-likeness (QED) is 0.0475. The minimum Gasteiger partial charge on any atom is -0.492 e. The number of fused-ring (bicyclic) bond motifs is 1. The molecule has 2 aromatic carbocycles. The third-order valence-electron chi connectivity index (χ3n) is 16.1. The summed E-state index contributed by atoms with van der Waals surface area (Å²) in [4.78, 5) is 78.3. The third kappa shape index (κ3) is 13.1. The van der Waals surface area contributed by atoms with Crippen molar-refractivity contribution in [2.24, 2.45) is 0 Å². The molecule has 0 bridgehead atoms. The van der Waals surface area contributed by atoms with Crippen LogP contribution in [0.25, 0.3) is 16.6 Å². The van der Waals surface area contributed by atoms with Gasteiger partial charge in [-0.2, -0.15) is 10.4 Å². The second-order valence-corrected chi connectivity index (χ2v) is 21.1. The molecular weight excluding hydrogens is 985 g/mol. The molecule has 0 spiro atoms. The summed E-state index contributed by atoms with van der Waals surface area (Å²) in [5, 5.41) is 19.7. The maximum atomic E-state index is 14.9. The highest BCUT2D eigenvalue weighted by molar-refractivity contribution is 6.01. The molecule has 19 heteroatoms. The minimum absolute atomic E-state index is 0.156. The number of carbonyl (C=O) groups is 5. The Hall–Kier alpha value is -7.30. The number of carbonyl (C=O) groups excluding carboxylic acids is 5. The molecule has 17 nitrogen and oxygen atoms in total. The van der Waals surface area contributed by atoms with Crippen molar-refractivity contribution in [3.63, 3.8) is 0 Å². The molecule has 4 fully saturated rings. The first kappa shape index (κ1) is 54.5. The normalized spacial score (nSPS) is 18.5. The van der Waals surface area contributed by atoms with E-state index in [1.54, 1.807) is 16.9 Å². The summed E-state index contributed by atoms with van der Waals surface area (Å²) < 4.78 is 36.7. The van der Waals surface area contributed by atoms with Crippen LogP contribution in [-0.4, -0.2) is 148 Å². The topological polar surface area (TPSA) is 189 Å². The zero-order chi connectivity index (χ0) is 54.1. The number of unbranched alkanes of at least 4 members (excludes halogenated alkanes) is 3. The van der Waals surface area contributed by atoms with Crippen LogP contribution >= 0.6 is 0 Å². The molecule has 7 heterocycles. The Bertz CT molecular complexity index is 2970. The number of aromatic nitrogens is 3. The van der Waals surface area contributed by atoms with Crippen LogP contribution in [0.1, 0.15) is 116 Å². The van der Waals surface area contributed by atoms with E-state index >= 15 is 0 Å². The molecule has 5 amide bonds. The Balaban J connectivity index is 0.713. The average Bonchev–Trinajstić information content (AvgIpc) is 3.90. The number of piperidine rings is 3. The Labute approximate surface area is 448 Å². The van der Waals surface area contributed by atoms with E-state index in [9.17, 15) is 38.0 Å². The third-order valence-corrected chi connectivity index (χ3v) is 16.1. The Morgan fingerprint density at radius 3 is 2.40 bits per heavy atom. The second kappa shape index (κ2) is 24.8. The van der Waals surface area contributed by atoms with Gasteiger partial charge in [0.25, 0.3) is 5.91 Å². The van der Waals surface area contributed by atoms with Crippen LogP contribution in [0.5, 0.6) is 5.75 Å². The molecule has 4 aliphatic rings. The zero-order valence-electron chi connectivity index (χ0n) is 44.2. The van der Waals surface area contributed by atoms with Crippen LogP contribution in [0.3, 0.4) is 0 Å². The number of ether oxygens (including phenoxy) is 1. The maximum Gasteiger partial charge on any atom is 0.254 e. The molecule has 3 aromatic heterocycles. The molecule has 0 saturated carbocycles. The minimum atomic E-state index is -0.792. The van der Waals surface area contributed by atoms with Crippen molar-refractivity contribution >= 4 is 41.4 Å². The van der Waals surface area contributed by atoms with Crippen molar-refractivity contribution in [2.75, 3.05) is 77.0 Å². The number of halogens is 2. The number of nitrogens with one attached hydrogen (secondary N) is 2. The van der Waals surface area contributed by atoms with Gasteiger partial charge in [-0.3, -0.25) is 34.2 Å². The largest absolute Gasteiger partial charge is 0.492 e. The molecule has 9 rings (SSSR count). The molecule has 2 N–H and O–H groups in total. The summed E-state index contributed by atoms with van der Waals surface area (Å²) in [5.41, 5.74) is 4.93. The predicted molar refractivity (Wildman–Crippen MR) is 286 cm³/mol. The number of pyridine rings is 2. The van der Waals surface area contributed by atoms with Gasteiger partial charge in [0.05, 0.1) is 41.2 Å². The number of nitrogens with zero attached hydrogens (tertiary/aromatic N) is 9. The van der Waals surface area contributed by atoms with Gasteiger partial charge in [0.1, 0.15) is 35.3 Å². The molecule has 0 radical (unpaired) electrons. The number of hydrogen-bond acceptors (Lipinski definition) is 12. The smallest absolute Gasteiger partial charge is 0.254 e. The number of aryl methyl sites for hydroxylation is 1. The van der Waals surface area contributed by atoms with Gasteiger partial charge >= 0.3 is 0 Å². The number of likely N-dealkylation sites (tertiary alicyclic amines) is 1. The van der Waals surface area contributed by atoms with Gasteiger partial charge in [-0.25, -0.2) is 18.3 Å². The van der Waals surface area contributed by atoms with Crippen LogP contribution in [-0.2, 0) is 25.7 Å². The number of imide groups is 1. The first-order valence-electron chi connectivity index (χ1n) is 27.2. The first-order valence-corrected chi connectivity index (χ1v) is 27.2. The summed E-state index contributed by atoms with van der Waals surface area (Å²) in [6, 6.07) is 16.7. The number of nitriles is 1. The number of piperazine rings is 1. The van der Waals surface area contributed by atoms with Gasteiger partial charge < -0.3 is 29.7 Å². The lowest BCUT2D eigenvalue weighted by atomic mass is 9.86. The highest BCUT2D eigenvalue weighted by atomic mass is 19.1. The van der Waals surface area contributed by atoms with E-state index in [1.807, 2.05) is 36.9 Å². The van der Waals surface area contributed by atoms with E-state index in [1.165, 1.54) is 16.7 Å². The van der Waals surface area contributed by atoms with Crippen LogP contribution < -0.4 is 20.3 Å². The van der Waals surface area contributed by atoms with Gasteiger partial charge in [-0.15, -0.1) is 0 Å². The van der Waals surface area contributed by atoms with Gasteiger partial charge in [0.2, 0.25) is 24.1 Å². The summed E-state index contributed by atoms with van der Waals surface area (Å²) in [6.45, 7) is 11.8. The average molecular weight is 1050 g/mol. The molecule has 406 valence electrons. The Morgan fingerprint density at radius 2 is 1.70 bits per heavy atom. The molecule has 5 aromatic rings. The van der Waals surface area contributed by atoms with Crippen LogP contribution in [0, 0.1) is 29.9 Å². The van der Waals surface area contributed by atoms with Crippen LogP contribution in [0.4, 0.5) is 14.6 Å². The van der Waals surface area contributed by atoms with E-state index in [0.29, 0.717) is 114 Å². The van der Waals surface area contributed by atoms with Gasteiger partial charge in [0.15, 0.2) is 0 Å². The van der Waals surface area contributed by atoms with Crippen molar-refractivity contribution in [1.29, 1.82) is 5.26 Å². The van der Waals surface area contributed by atoms with Gasteiger partial charge in [0, 0.05) is 82.5 Å². The number of anilines is 1. The number of rotatable bonds is 20. The first-order chi connectivity index (χ1) is 37.3. The van der Waals surface area contributed by atoms with E-state index in [0.717, 1.165) is 104 Å². The fourth-order valence-corrected chi connectivity index (χ4v) is 11.6. The molecule has 0 aliphatic carbocycles. The maximum absolute atomic E-state index is 14.9. The fraction of sp³-hybridized carbons (Fsp3) is 0.483. The van der Waals surface area contributed by atoms with Crippen LogP contribution in [0.2, 0.25) is 0 Å². The second-order valence-electron chi connectivity index (χ2n) is 21.1. The van der Waals surface area contributed by atoms with E-state index in [4.69, 9.17) is 9.72 Å². The number of benzene rings is 2. The van der Waals surface area contributed by atoms with Crippen molar-refractivity contribution in [1.82, 2.24) is 44.8 Å². The highest BCUT2D eigenvalue weighted by Gasteiger charge is 2.40. The molecule has 4 aliphatic heterocycles. The lowest BCUT2D eigenvalue weighted by molar-refractivity contribution is -0.141. The summed E-state index contributed by atoms with van der Waals surface area (Å²) in [7, 11) is 0. The van der Waals surface area contributed by atoms with Gasteiger partial charge in [-0.1, -0.05) is 31.0 Å². The van der Waals surface area contributed by atoms with Gasteiger partial charge in [-0.05, 0) is 137 Å². The highest BCUT2D eigenvalue weighted by Crippen LogP contribution is 2.34. The number of hydrogen-bond donors (Lipinski definition) is 2. The van der Waals surface area contributed by atoms with Crippen LogP contribution in [0.15, 0.2) is 73.2 Å². The van der Waals surface area contributed by atoms with E-state index in [2.05, 4.69) is 54.7 Å². The Kier molecular flexibility index (Phi) is 17.5. The summed E-state index contributed by atoms with van der Waals surface area (Å²) in [6.07, 6.45) is 14.0. The van der Waals surface area contributed by atoms with Crippen molar-refractivity contribution in [3.05, 3.63) is 113 Å². The van der Waals surface area contributed by atoms with Crippen molar-refractivity contribution in [3.8, 4) is 22.9 Å². The lowest BCUT2D eigenvalue weighted by Crippen LogP contribution is -2.62. The van der Waals surface area contributed by atoms with Crippen molar-refractivity contribution in [2.45, 2.75) is 109 Å². The zero-order valence-corrected chi connectivity index (χ0v) is 44.2. The molecule has 4 saturated heterocycles. The summed E-state index contributed by atoms with van der Waals surface area (Å²) >= 11 is 0. The SMILES string of the molecule is CCOc1cc(-c2ccc(N3CCC(CN4CCN(C(=O)CCCCCCN5CCC(c6ccc(CN(C=O)C7CCC(=O)NC7=O)c(C)c6)CC5)CC4)(NC(=O)c4cc(F)ccc4F)CC3)nc2)c2c(C#N)cnn2c1. The van der Waals surface area contributed by atoms with Crippen molar-refractivity contribution < 1.29 is 37.5 Å². The number of amides is 5. The van der Waals surface area contributed by atoms with E-state index in [-0.39, 0.29) is 23.8 Å². The standard InChI is InChI=1S/C58H69F2N11O6/c1-3-77-47-32-48(55-45(33-61)35-63-71(55)37-47)43-11-15-52(62-34-43)68-24-19-58(20-25-68,65-56(75)49-31-46(59)12-13-50(49)60)38-67-26-28-69(29-27-67)54(74)8-6-4-5-7-21-66-22-17-41(18-23-66)42-9-10-44(40(2)30-42)36-70(39-72)51-14-16-53(73)64-57(51)76/h9-13,15,30-32,34-35,37,39,41,51H,3-8,14,16-29,36,38H2,1-2H3,(H,65,75)(H,64,73,76). The summed E-state index contributed by atoms with van der Waals surface area (Å²) in [5.74, 6) is -0.893. The van der Waals surface area contributed by atoms with E-state index < -0.39 is 35.0 Å². The fourth-order valence-electron chi connectivity index (χ4n) is 11.6. The molecule has 1 atom stereocenters. The lowest BCUT2D eigenvalue weighted by Gasteiger charge is -2.46. The molecular formula is C58H69F2N11O6. The Morgan fingerprint density at radius 1 is 0.922 bits per heavy atom. The molecule has 1 unspecified atom stereocenters.